The van der Waals surface area contributed by atoms with Crippen molar-refractivity contribution in [1.82, 2.24) is 9.97 Å². The molecule has 0 saturated carbocycles. The number of aromatic nitrogens is 2. The predicted molar refractivity (Wildman–Crippen MR) is 118 cm³/mol. The fraction of sp³-hybridized carbons (Fsp3) is 0.0870. The van der Waals surface area contributed by atoms with Crippen LogP contribution >= 0.6 is 0 Å². The maximum atomic E-state index is 13.0. The van der Waals surface area contributed by atoms with Crippen LogP contribution in [0.25, 0.3) is 16.8 Å². The second kappa shape index (κ2) is 11.8. The molecule has 0 fully saturated rings. The number of anilines is 1. The van der Waals surface area contributed by atoms with Gasteiger partial charge in [-0.3, -0.25) is 14.8 Å². The Hall–Kier alpha value is -4.00. The molecule has 0 aliphatic heterocycles. The van der Waals surface area contributed by atoms with Gasteiger partial charge < -0.3 is 16.1 Å². The Morgan fingerprint density at radius 2 is 1.93 bits per heavy atom. The lowest BCUT2D eigenvalue weighted by Gasteiger charge is -2.02. The Morgan fingerprint density at radius 1 is 1.10 bits per heavy atom. The van der Waals surface area contributed by atoms with E-state index in [1.807, 2.05) is 12.1 Å². The highest BCUT2D eigenvalue weighted by atomic mass is 19.1. The average Bonchev–Trinajstić information content (AvgIpc) is 2.79. The molecule has 0 spiro atoms. The van der Waals surface area contributed by atoms with Gasteiger partial charge in [0.15, 0.2) is 0 Å². The van der Waals surface area contributed by atoms with Crippen LogP contribution in [0.2, 0.25) is 0 Å². The van der Waals surface area contributed by atoms with E-state index in [1.165, 1.54) is 30.1 Å². The summed E-state index contributed by atoms with van der Waals surface area (Å²) < 4.78 is 13.0. The van der Waals surface area contributed by atoms with E-state index in [-0.39, 0.29) is 5.82 Å². The molecule has 3 aromatic rings. The number of hydrogen-bond donors (Lipinski definition) is 3. The Morgan fingerprint density at radius 3 is 2.47 bits per heavy atom. The molecule has 0 unspecified atom stereocenters. The van der Waals surface area contributed by atoms with Crippen LogP contribution in [0.15, 0.2) is 67.0 Å². The highest BCUT2D eigenvalue weighted by Gasteiger charge is 2.01. The van der Waals surface area contributed by atoms with Gasteiger partial charge in [0.2, 0.25) is 6.41 Å². The van der Waals surface area contributed by atoms with Crippen LogP contribution in [-0.4, -0.2) is 28.8 Å². The molecule has 30 heavy (non-hydrogen) atoms. The SMILES string of the molecule is CCc1ccc(/C(C=N)=C/C=N)nc1.O=CNc1ccc(-c2cccc(F)c2)nc1. The van der Waals surface area contributed by atoms with E-state index in [0.29, 0.717) is 28.9 Å². The van der Waals surface area contributed by atoms with Crippen LogP contribution in [0.1, 0.15) is 18.2 Å². The predicted octanol–water partition coefficient (Wildman–Crippen LogP) is 4.78. The lowest BCUT2D eigenvalue weighted by molar-refractivity contribution is -0.105. The average molecular weight is 403 g/mol. The number of hydrogen-bond acceptors (Lipinski definition) is 5. The number of halogens is 1. The lowest BCUT2D eigenvalue weighted by Crippen LogP contribution is -1.94. The molecule has 0 atom stereocenters. The number of nitrogens with zero attached hydrogens (tertiary/aromatic N) is 2. The van der Waals surface area contributed by atoms with Gasteiger partial charge in [0.1, 0.15) is 5.82 Å². The van der Waals surface area contributed by atoms with Crippen molar-refractivity contribution >= 4 is 30.1 Å². The molecule has 1 aromatic carbocycles. The minimum Gasteiger partial charge on any atom is -0.327 e. The number of aryl methyl sites for hydroxylation is 1. The molecule has 0 radical (unpaired) electrons. The molecule has 7 heteroatoms. The monoisotopic (exact) mass is 403 g/mol. The Balaban J connectivity index is 0.000000216. The van der Waals surface area contributed by atoms with E-state index in [1.54, 1.807) is 36.5 Å². The van der Waals surface area contributed by atoms with Crippen LogP contribution in [0.4, 0.5) is 10.1 Å². The first-order valence-corrected chi connectivity index (χ1v) is 9.20. The zero-order valence-electron chi connectivity index (χ0n) is 16.5. The van der Waals surface area contributed by atoms with Crippen LogP contribution in [0.3, 0.4) is 0 Å². The molecule has 1 amide bonds. The highest BCUT2D eigenvalue weighted by Crippen LogP contribution is 2.19. The van der Waals surface area contributed by atoms with Crippen molar-refractivity contribution in [3.8, 4) is 11.3 Å². The molecule has 3 N–H and O–H groups in total. The molecule has 0 bridgehead atoms. The summed E-state index contributed by atoms with van der Waals surface area (Å²) in [4.78, 5) is 18.5. The Labute approximate surface area is 174 Å². The van der Waals surface area contributed by atoms with Gasteiger partial charge >= 0.3 is 0 Å². The van der Waals surface area contributed by atoms with Crippen molar-refractivity contribution in [1.29, 1.82) is 10.8 Å². The molecule has 0 aliphatic carbocycles. The molecular formula is C23H22FN5O. The van der Waals surface area contributed by atoms with Crippen molar-refractivity contribution in [3.05, 3.63) is 84.1 Å². The lowest BCUT2D eigenvalue weighted by atomic mass is 10.1. The third-order valence-corrected chi connectivity index (χ3v) is 4.06. The van der Waals surface area contributed by atoms with Gasteiger partial charge in [-0.15, -0.1) is 0 Å². The quantitative estimate of drug-likeness (QED) is 0.391. The van der Waals surface area contributed by atoms with Crippen molar-refractivity contribution in [2.75, 3.05) is 5.32 Å². The summed E-state index contributed by atoms with van der Waals surface area (Å²) in [5.41, 5.74) is 4.54. The number of carbonyl (C=O) groups is 1. The molecule has 152 valence electrons. The van der Waals surface area contributed by atoms with Gasteiger partial charge in [0.25, 0.3) is 0 Å². The van der Waals surface area contributed by atoms with E-state index in [2.05, 4.69) is 22.2 Å². The first-order valence-electron chi connectivity index (χ1n) is 9.20. The maximum Gasteiger partial charge on any atom is 0.211 e. The number of benzene rings is 1. The standard InChI is InChI=1S/C12H9FN2O.C11H13N3/c13-10-3-1-2-9(6-10)12-5-4-11(7-14-12)15-8-16;1-2-9-3-4-11(14-8-9)10(7-13)5-6-12/h1-8H,(H,15,16);3-8,12-13H,2H2,1H3/b;10-5+,12-6?,13-7?. The summed E-state index contributed by atoms with van der Waals surface area (Å²) >= 11 is 0. The Bertz CT molecular complexity index is 1010. The first-order chi connectivity index (χ1) is 14.6. The minimum absolute atomic E-state index is 0.297. The van der Waals surface area contributed by atoms with Gasteiger partial charge in [-0.25, -0.2) is 4.39 Å². The van der Waals surface area contributed by atoms with E-state index >= 15 is 0 Å². The van der Waals surface area contributed by atoms with Crippen LogP contribution in [-0.2, 0) is 11.2 Å². The minimum atomic E-state index is -0.297. The van der Waals surface area contributed by atoms with E-state index in [0.717, 1.165) is 18.3 Å². The maximum absolute atomic E-state index is 13.0. The normalized spacial score (nSPS) is 10.4. The van der Waals surface area contributed by atoms with Gasteiger partial charge in [0.05, 0.1) is 23.3 Å². The van der Waals surface area contributed by atoms with Crippen molar-refractivity contribution in [3.63, 3.8) is 0 Å². The number of nitrogens with one attached hydrogen (secondary N) is 3. The molecule has 2 aromatic heterocycles. The van der Waals surface area contributed by atoms with Gasteiger partial charge in [-0.05, 0) is 48.4 Å². The third-order valence-electron chi connectivity index (χ3n) is 4.06. The molecule has 3 rings (SSSR count). The van der Waals surface area contributed by atoms with E-state index < -0.39 is 0 Å². The largest absolute Gasteiger partial charge is 0.327 e. The van der Waals surface area contributed by atoms with Crippen LogP contribution < -0.4 is 5.32 Å². The first kappa shape index (κ1) is 22.3. The summed E-state index contributed by atoms with van der Waals surface area (Å²) in [6.07, 6.45) is 8.79. The molecular weight excluding hydrogens is 381 g/mol. The molecule has 2 heterocycles. The highest BCUT2D eigenvalue weighted by molar-refractivity contribution is 6.11. The third kappa shape index (κ3) is 6.56. The van der Waals surface area contributed by atoms with Crippen LogP contribution in [0.5, 0.6) is 0 Å². The van der Waals surface area contributed by atoms with E-state index in [4.69, 9.17) is 10.8 Å². The number of rotatable bonds is 7. The smallest absolute Gasteiger partial charge is 0.211 e. The Kier molecular flexibility index (Phi) is 8.73. The summed E-state index contributed by atoms with van der Waals surface area (Å²) in [7, 11) is 0. The zero-order chi connectivity index (χ0) is 21.8. The number of pyridine rings is 2. The number of amides is 1. The van der Waals surface area contributed by atoms with Crippen molar-refractivity contribution in [2.24, 2.45) is 0 Å². The summed E-state index contributed by atoms with van der Waals surface area (Å²) in [5.74, 6) is -0.297. The van der Waals surface area contributed by atoms with Gasteiger partial charge in [-0.2, -0.15) is 0 Å². The summed E-state index contributed by atoms with van der Waals surface area (Å²) in [6, 6.07) is 13.5. The summed E-state index contributed by atoms with van der Waals surface area (Å²) in [5, 5.41) is 16.6. The molecule has 6 nitrogen and oxygen atoms in total. The topological polar surface area (TPSA) is 103 Å². The van der Waals surface area contributed by atoms with Gasteiger partial charge in [0, 0.05) is 29.8 Å². The summed E-state index contributed by atoms with van der Waals surface area (Å²) in [6.45, 7) is 2.07. The molecule has 0 saturated heterocycles. The molecule has 0 aliphatic rings. The fourth-order valence-electron chi connectivity index (χ4n) is 2.47. The second-order valence-electron chi connectivity index (χ2n) is 6.04. The van der Waals surface area contributed by atoms with Crippen LogP contribution in [0, 0.1) is 16.6 Å². The van der Waals surface area contributed by atoms with Crippen molar-refractivity contribution in [2.45, 2.75) is 13.3 Å². The fourth-order valence-corrected chi connectivity index (χ4v) is 2.47. The second-order valence-corrected chi connectivity index (χ2v) is 6.04. The number of allylic oxidation sites excluding steroid dienone is 2. The van der Waals surface area contributed by atoms with Crippen molar-refractivity contribution < 1.29 is 9.18 Å². The van der Waals surface area contributed by atoms with E-state index in [9.17, 15) is 9.18 Å². The van der Waals surface area contributed by atoms with Gasteiger partial charge in [-0.1, -0.05) is 25.1 Å². The zero-order valence-corrected chi connectivity index (χ0v) is 16.5. The number of carbonyl (C=O) groups excluding carboxylic acids is 1.